The summed E-state index contributed by atoms with van der Waals surface area (Å²) in [5.41, 5.74) is 3.59. The molecule has 0 fully saturated rings. The molecular weight excluding hydrogens is 258 g/mol. The van der Waals surface area contributed by atoms with E-state index in [1.54, 1.807) is 0 Å². The number of hydrogen-bond donors (Lipinski definition) is 0. The largest absolute Gasteiger partial charge is 0.302 e. The monoisotopic (exact) mass is 279 g/mol. The van der Waals surface area contributed by atoms with E-state index in [-0.39, 0.29) is 0 Å². The Balaban J connectivity index is 2.17. The molecule has 0 aliphatic carbocycles. The summed E-state index contributed by atoms with van der Waals surface area (Å²) in [4.78, 5) is 9.29. The lowest BCUT2D eigenvalue weighted by Crippen LogP contribution is -2.29. The van der Waals surface area contributed by atoms with Gasteiger partial charge in [0.05, 0.1) is 11.9 Å². The SMILES string of the molecule is CC1=CCC(C)=NC(n2ccc3/c2=C/CC(C)=NC/C=3)=C1. The standard InChI is InChI=1S/C18H21N3/c1-13-4-5-15(3)20-18(12-13)21-11-9-16-8-10-19-14(2)6-7-17(16)21/h4,7-9,11-12H,5-6,10H2,1-3H3/b16-8+,17-7-,19-14?. The van der Waals surface area contributed by atoms with E-state index in [0.717, 1.165) is 30.9 Å². The summed E-state index contributed by atoms with van der Waals surface area (Å²) in [6.07, 6.45) is 12.8. The van der Waals surface area contributed by atoms with Gasteiger partial charge in [-0.25, -0.2) is 4.99 Å². The van der Waals surface area contributed by atoms with E-state index in [2.05, 4.69) is 66.9 Å². The van der Waals surface area contributed by atoms with E-state index in [1.165, 1.54) is 21.9 Å². The molecule has 0 bridgehead atoms. The van der Waals surface area contributed by atoms with Crippen LogP contribution in [0.25, 0.3) is 18.0 Å². The molecule has 0 N–H and O–H groups in total. The summed E-state index contributed by atoms with van der Waals surface area (Å²) >= 11 is 0. The molecule has 2 aliphatic heterocycles. The Morgan fingerprint density at radius 2 is 1.81 bits per heavy atom. The van der Waals surface area contributed by atoms with E-state index in [4.69, 9.17) is 4.99 Å². The zero-order valence-corrected chi connectivity index (χ0v) is 12.9. The van der Waals surface area contributed by atoms with E-state index >= 15 is 0 Å². The molecule has 0 aromatic carbocycles. The lowest BCUT2D eigenvalue weighted by atomic mass is 10.2. The molecule has 3 nitrogen and oxygen atoms in total. The molecule has 3 heteroatoms. The highest BCUT2D eigenvalue weighted by Crippen LogP contribution is 2.14. The van der Waals surface area contributed by atoms with Crippen molar-refractivity contribution >= 4 is 29.4 Å². The molecular formula is C18H21N3. The van der Waals surface area contributed by atoms with Gasteiger partial charge in [0.2, 0.25) is 0 Å². The fourth-order valence-electron chi connectivity index (χ4n) is 2.63. The molecule has 108 valence electrons. The van der Waals surface area contributed by atoms with Crippen LogP contribution in [0.5, 0.6) is 0 Å². The number of fused-ring (bicyclic) bond motifs is 1. The van der Waals surface area contributed by atoms with Crippen LogP contribution in [0.3, 0.4) is 0 Å². The number of aromatic nitrogens is 1. The van der Waals surface area contributed by atoms with Crippen molar-refractivity contribution in [1.29, 1.82) is 0 Å². The molecule has 0 saturated heterocycles. The zero-order chi connectivity index (χ0) is 14.8. The second-order valence-corrected chi connectivity index (χ2v) is 5.72. The molecule has 0 spiro atoms. The first-order chi connectivity index (χ1) is 10.1. The van der Waals surface area contributed by atoms with E-state index in [0.29, 0.717) is 0 Å². The van der Waals surface area contributed by atoms with E-state index in [9.17, 15) is 0 Å². The van der Waals surface area contributed by atoms with Crippen LogP contribution in [0.15, 0.2) is 40.0 Å². The van der Waals surface area contributed by atoms with Crippen molar-refractivity contribution in [2.75, 3.05) is 6.54 Å². The summed E-state index contributed by atoms with van der Waals surface area (Å²) < 4.78 is 2.19. The third-order valence-electron chi connectivity index (χ3n) is 3.85. The van der Waals surface area contributed by atoms with Crippen molar-refractivity contribution in [3.8, 4) is 0 Å². The Bertz CT molecular complexity index is 798. The molecule has 0 amide bonds. The van der Waals surface area contributed by atoms with Crippen molar-refractivity contribution < 1.29 is 0 Å². The second kappa shape index (κ2) is 5.68. The van der Waals surface area contributed by atoms with Gasteiger partial charge in [-0.2, -0.15) is 0 Å². The van der Waals surface area contributed by atoms with Gasteiger partial charge in [-0.05, 0) is 38.1 Å². The highest BCUT2D eigenvalue weighted by molar-refractivity contribution is 5.88. The van der Waals surface area contributed by atoms with Crippen molar-refractivity contribution in [2.24, 2.45) is 9.98 Å². The first kappa shape index (κ1) is 13.8. The number of hydrogen-bond acceptors (Lipinski definition) is 2. The normalized spacial score (nSPS) is 21.9. The zero-order valence-electron chi connectivity index (χ0n) is 12.9. The summed E-state index contributed by atoms with van der Waals surface area (Å²) in [5.74, 6) is 1.000. The van der Waals surface area contributed by atoms with Gasteiger partial charge in [-0.1, -0.05) is 23.8 Å². The van der Waals surface area contributed by atoms with Gasteiger partial charge in [0.1, 0.15) is 5.82 Å². The lowest BCUT2D eigenvalue weighted by Gasteiger charge is -2.06. The maximum atomic E-state index is 4.77. The Morgan fingerprint density at radius 1 is 1.00 bits per heavy atom. The van der Waals surface area contributed by atoms with Crippen LogP contribution < -0.4 is 10.6 Å². The third-order valence-corrected chi connectivity index (χ3v) is 3.85. The molecule has 2 aliphatic rings. The number of rotatable bonds is 1. The summed E-state index contributed by atoms with van der Waals surface area (Å²) in [6, 6.07) is 2.15. The summed E-state index contributed by atoms with van der Waals surface area (Å²) in [5, 5.41) is 2.47. The first-order valence-electron chi connectivity index (χ1n) is 7.44. The van der Waals surface area contributed by atoms with Crippen LogP contribution in [-0.4, -0.2) is 22.5 Å². The molecule has 1 aromatic heterocycles. The minimum Gasteiger partial charge on any atom is -0.302 e. The van der Waals surface area contributed by atoms with Gasteiger partial charge >= 0.3 is 0 Å². The lowest BCUT2D eigenvalue weighted by molar-refractivity contribution is 1.02. The fourth-order valence-corrected chi connectivity index (χ4v) is 2.63. The van der Waals surface area contributed by atoms with Gasteiger partial charge in [-0.3, -0.25) is 4.99 Å². The maximum absolute atomic E-state index is 4.77. The van der Waals surface area contributed by atoms with Crippen LogP contribution >= 0.6 is 0 Å². The molecule has 0 saturated carbocycles. The minimum absolute atomic E-state index is 0.761. The summed E-state index contributed by atoms with van der Waals surface area (Å²) in [6.45, 7) is 7.07. The molecule has 3 rings (SSSR count). The Morgan fingerprint density at radius 3 is 2.67 bits per heavy atom. The number of allylic oxidation sites excluding steroid dienone is 3. The van der Waals surface area contributed by atoms with Crippen LogP contribution in [0, 0.1) is 0 Å². The van der Waals surface area contributed by atoms with Crippen molar-refractivity contribution in [2.45, 2.75) is 33.6 Å². The Labute approximate surface area is 125 Å². The Kier molecular flexibility index (Phi) is 3.74. The number of nitrogens with zero attached hydrogens (tertiary/aromatic N) is 3. The quantitative estimate of drug-likeness (QED) is 0.756. The van der Waals surface area contributed by atoms with Crippen LogP contribution in [0.4, 0.5) is 0 Å². The van der Waals surface area contributed by atoms with Crippen LogP contribution in [-0.2, 0) is 0 Å². The van der Waals surface area contributed by atoms with Gasteiger partial charge in [0.25, 0.3) is 0 Å². The van der Waals surface area contributed by atoms with E-state index < -0.39 is 0 Å². The van der Waals surface area contributed by atoms with Crippen molar-refractivity contribution in [1.82, 2.24) is 4.57 Å². The topological polar surface area (TPSA) is 29.6 Å². The molecule has 21 heavy (non-hydrogen) atoms. The van der Waals surface area contributed by atoms with Crippen molar-refractivity contribution in [3.05, 3.63) is 40.6 Å². The smallest absolute Gasteiger partial charge is 0.137 e. The predicted octanol–water partition coefficient (Wildman–Crippen LogP) is 2.52. The maximum Gasteiger partial charge on any atom is 0.137 e. The second-order valence-electron chi connectivity index (χ2n) is 5.72. The van der Waals surface area contributed by atoms with Crippen LogP contribution in [0.1, 0.15) is 33.6 Å². The van der Waals surface area contributed by atoms with E-state index in [1.807, 2.05) is 0 Å². The first-order valence-corrected chi connectivity index (χ1v) is 7.44. The number of aliphatic imine (C=N–C) groups is 2. The predicted molar refractivity (Wildman–Crippen MR) is 91.0 cm³/mol. The average molecular weight is 279 g/mol. The highest BCUT2D eigenvalue weighted by atomic mass is 15.1. The molecule has 0 atom stereocenters. The third kappa shape index (κ3) is 2.97. The summed E-state index contributed by atoms with van der Waals surface area (Å²) in [7, 11) is 0. The van der Waals surface area contributed by atoms with Gasteiger partial charge < -0.3 is 4.57 Å². The minimum atomic E-state index is 0.761. The molecule has 3 heterocycles. The molecule has 0 unspecified atom stereocenters. The van der Waals surface area contributed by atoms with Gasteiger partial charge in [0.15, 0.2) is 0 Å². The van der Waals surface area contributed by atoms with Gasteiger partial charge in [0, 0.05) is 30.5 Å². The van der Waals surface area contributed by atoms with Crippen LogP contribution in [0.2, 0.25) is 0 Å². The molecule has 1 aromatic rings. The fraction of sp³-hybridized carbons (Fsp3) is 0.333. The Hall–Kier alpha value is -2.16. The average Bonchev–Trinajstić information content (AvgIpc) is 2.73. The highest BCUT2D eigenvalue weighted by Gasteiger charge is 2.07. The van der Waals surface area contributed by atoms with Gasteiger partial charge in [-0.15, -0.1) is 0 Å². The van der Waals surface area contributed by atoms with Crippen molar-refractivity contribution in [3.63, 3.8) is 0 Å². The molecule has 0 radical (unpaired) electrons.